The van der Waals surface area contributed by atoms with Gasteiger partial charge in [0.15, 0.2) is 0 Å². The predicted octanol–water partition coefficient (Wildman–Crippen LogP) is 2.52. The summed E-state index contributed by atoms with van der Waals surface area (Å²) in [5, 5.41) is 0. The van der Waals surface area contributed by atoms with Gasteiger partial charge in [0.05, 0.1) is 0 Å². The molecule has 0 radical (unpaired) electrons. The number of hydrogen-bond donors (Lipinski definition) is 1. The monoisotopic (exact) mass is 210 g/mol. The van der Waals surface area contributed by atoms with E-state index in [1.54, 1.807) is 0 Å². The molecule has 1 aliphatic carbocycles. The highest BCUT2D eigenvalue weighted by Crippen LogP contribution is 2.27. The van der Waals surface area contributed by atoms with Crippen LogP contribution in [0.3, 0.4) is 0 Å². The van der Waals surface area contributed by atoms with Gasteiger partial charge < -0.3 is 5.73 Å². The van der Waals surface area contributed by atoms with E-state index in [1.807, 2.05) is 0 Å². The van der Waals surface area contributed by atoms with Crippen molar-refractivity contribution in [2.45, 2.75) is 69.9 Å². The Kier molecular flexibility index (Phi) is 4.45. The summed E-state index contributed by atoms with van der Waals surface area (Å²) in [4.78, 5) is 2.73. The van der Waals surface area contributed by atoms with Crippen molar-refractivity contribution in [3.8, 4) is 0 Å². The van der Waals surface area contributed by atoms with Crippen molar-refractivity contribution >= 4 is 0 Å². The van der Waals surface area contributed by atoms with Crippen LogP contribution in [0.25, 0.3) is 0 Å². The molecule has 2 heteroatoms. The Morgan fingerprint density at radius 3 is 2.20 bits per heavy atom. The number of hydrogen-bond acceptors (Lipinski definition) is 2. The van der Waals surface area contributed by atoms with Crippen LogP contribution in [0.15, 0.2) is 0 Å². The first-order valence-corrected chi connectivity index (χ1v) is 6.87. The topological polar surface area (TPSA) is 29.3 Å². The van der Waals surface area contributed by atoms with Crippen LogP contribution in [0.5, 0.6) is 0 Å². The first kappa shape index (κ1) is 11.4. The summed E-state index contributed by atoms with van der Waals surface area (Å²) in [5.74, 6) is 0. The lowest BCUT2D eigenvalue weighted by atomic mass is 9.95. The minimum Gasteiger partial charge on any atom is -0.329 e. The highest BCUT2D eigenvalue weighted by molar-refractivity contribution is 4.85. The Hall–Kier alpha value is -0.0800. The molecule has 1 saturated carbocycles. The maximum absolute atomic E-state index is 5.86. The van der Waals surface area contributed by atoms with Crippen LogP contribution in [0.1, 0.15) is 57.8 Å². The molecule has 1 unspecified atom stereocenters. The zero-order valence-electron chi connectivity index (χ0n) is 9.96. The average molecular weight is 210 g/mol. The quantitative estimate of drug-likeness (QED) is 0.759. The van der Waals surface area contributed by atoms with Crippen molar-refractivity contribution in [2.75, 3.05) is 13.1 Å². The second-order valence-corrected chi connectivity index (χ2v) is 5.27. The van der Waals surface area contributed by atoms with E-state index in [0.717, 1.165) is 12.6 Å². The molecule has 0 bridgehead atoms. The molecule has 2 rings (SSSR count). The van der Waals surface area contributed by atoms with Crippen molar-refractivity contribution in [3.63, 3.8) is 0 Å². The van der Waals surface area contributed by atoms with E-state index in [4.69, 9.17) is 5.73 Å². The van der Waals surface area contributed by atoms with E-state index in [-0.39, 0.29) is 0 Å². The summed E-state index contributed by atoms with van der Waals surface area (Å²) in [7, 11) is 0. The van der Waals surface area contributed by atoms with Crippen LogP contribution >= 0.6 is 0 Å². The van der Waals surface area contributed by atoms with Crippen molar-refractivity contribution in [1.82, 2.24) is 4.90 Å². The summed E-state index contributed by atoms with van der Waals surface area (Å²) in [6.07, 6.45) is 12.8. The van der Waals surface area contributed by atoms with Crippen LogP contribution in [0.2, 0.25) is 0 Å². The molecule has 2 nitrogen and oxygen atoms in total. The van der Waals surface area contributed by atoms with Gasteiger partial charge in [0, 0.05) is 18.6 Å². The number of nitrogens with zero attached hydrogens (tertiary/aromatic N) is 1. The molecule has 1 saturated heterocycles. The van der Waals surface area contributed by atoms with E-state index in [1.165, 1.54) is 64.3 Å². The van der Waals surface area contributed by atoms with Gasteiger partial charge in [-0.05, 0) is 32.2 Å². The zero-order valence-corrected chi connectivity index (χ0v) is 9.96. The van der Waals surface area contributed by atoms with Gasteiger partial charge in [-0.1, -0.05) is 32.1 Å². The smallest absolute Gasteiger partial charge is 0.0221 e. The molecule has 2 N–H and O–H groups in total. The fourth-order valence-corrected chi connectivity index (χ4v) is 3.36. The number of rotatable bonds is 2. The van der Waals surface area contributed by atoms with Crippen LogP contribution in [0.4, 0.5) is 0 Å². The van der Waals surface area contributed by atoms with Gasteiger partial charge in [-0.25, -0.2) is 0 Å². The largest absolute Gasteiger partial charge is 0.329 e. The van der Waals surface area contributed by atoms with Crippen LogP contribution in [0, 0.1) is 0 Å². The Labute approximate surface area is 94.2 Å². The SMILES string of the molecule is NCC1CCCN1C1CCCCCCC1. The van der Waals surface area contributed by atoms with Crippen molar-refractivity contribution < 1.29 is 0 Å². The third kappa shape index (κ3) is 2.94. The van der Waals surface area contributed by atoms with Gasteiger partial charge in [0.1, 0.15) is 0 Å². The third-order valence-electron chi connectivity index (χ3n) is 4.24. The summed E-state index contributed by atoms with van der Waals surface area (Å²) < 4.78 is 0. The maximum Gasteiger partial charge on any atom is 0.0221 e. The summed E-state index contributed by atoms with van der Waals surface area (Å²) in [6, 6.07) is 1.57. The van der Waals surface area contributed by atoms with Crippen molar-refractivity contribution in [3.05, 3.63) is 0 Å². The minimum absolute atomic E-state index is 0.703. The molecule has 1 atom stereocenters. The molecular formula is C13H26N2. The molecule has 2 aliphatic rings. The molecule has 1 heterocycles. The van der Waals surface area contributed by atoms with E-state index in [9.17, 15) is 0 Å². The second kappa shape index (κ2) is 5.86. The molecule has 88 valence electrons. The van der Waals surface area contributed by atoms with Gasteiger partial charge in [-0.15, -0.1) is 0 Å². The van der Waals surface area contributed by atoms with Gasteiger partial charge in [0.2, 0.25) is 0 Å². The third-order valence-corrected chi connectivity index (χ3v) is 4.24. The Morgan fingerprint density at radius 1 is 0.867 bits per heavy atom. The molecule has 2 fully saturated rings. The Balaban J connectivity index is 1.88. The van der Waals surface area contributed by atoms with Crippen LogP contribution in [-0.2, 0) is 0 Å². The van der Waals surface area contributed by atoms with Crippen molar-refractivity contribution in [2.24, 2.45) is 5.73 Å². The lowest BCUT2D eigenvalue weighted by Crippen LogP contribution is -2.43. The van der Waals surface area contributed by atoms with E-state index >= 15 is 0 Å². The minimum atomic E-state index is 0.703. The highest BCUT2D eigenvalue weighted by atomic mass is 15.2. The highest BCUT2D eigenvalue weighted by Gasteiger charge is 2.29. The normalized spacial score (nSPS) is 31.4. The average Bonchev–Trinajstić information content (AvgIpc) is 2.65. The molecule has 0 aromatic rings. The standard InChI is InChI=1S/C13H26N2/c14-11-13-9-6-10-15(13)12-7-4-2-1-3-5-8-12/h12-13H,1-11,14H2. The van der Waals surface area contributed by atoms with E-state index < -0.39 is 0 Å². The fourth-order valence-electron chi connectivity index (χ4n) is 3.36. The first-order valence-electron chi connectivity index (χ1n) is 6.87. The molecule has 0 spiro atoms. The van der Waals surface area contributed by atoms with Crippen LogP contribution < -0.4 is 5.73 Å². The maximum atomic E-state index is 5.86. The summed E-state index contributed by atoms with van der Waals surface area (Å²) >= 11 is 0. The number of likely N-dealkylation sites (tertiary alicyclic amines) is 1. The van der Waals surface area contributed by atoms with Gasteiger partial charge in [-0.3, -0.25) is 4.90 Å². The molecule has 15 heavy (non-hydrogen) atoms. The first-order chi connectivity index (χ1) is 7.42. The second-order valence-electron chi connectivity index (χ2n) is 5.27. The summed E-state index contributed by atoms with van der Waals surface area (Å²) in [6.45, 7) is 2.18. The van der Waals surface area contributed by atoms with Gasteiger partial charge in [-0.2, -0.15) is 0 Å². The fraction of sp³-hybridized carbons (Fsp3) is 1.00. The molecule has 0 aromatic heterocycles. The Morgan fingerprint density at radius 2 is 1.53 bits per heavy atom. The van der Waals surface area contributed by atoms with E-state index in [0.29, 0.717) is 6.04 Å². The van der Waals surface area contributed by atoms with Crippen molar-refractivity contribution in [1.29, 1.82) is 0 Å². The van der Waals surface area contributed by atoms with Crippen LogP contribution in [-0.4, -0.2) is 30.1 Å². The predicted molar refractivity (Wildman–Crippen MR) is 64.9 cm³/mol. The van der Waals surface area contributed by atoms with E-state index in [2.05, 4.69) is 4.90 Å². The zero-order chi connectivity index (χ0) is 10.5. The summed E-state index contributed by atoms with van der Waals surface area (Å²) in [5.41, 5.74) is 5.86. The molecular weight excluding hydrogens is 184 g/mol. The lowest BCUT2D eigenvalue weighted by Gasteiger charge is -2.33. The number of nitrogens with two attached hydrogens (primary N) is 1. The lowest BCUT2D eigenvalue weighted by molar-refractivity contribution is 0.154. The molecule has 0 amide bonds. The van der Waals surface area contributed by atoms with Gasteiger partial charge in [0.25, 0.3) is 0 Å². The van der Waals surface area contributed by atoms with Gasteiger partial charge >= 0.3 is 0 Å². The molecule has 0 aromatic carbocycles. The molecule has 1 aliphatic heterocycles. The Bertz CT molecular complexity index is 173.